The molecule has 1 fully saturated rings. The number of hydrogen-bond acceptors (Lipinski definition) is 3. The molecule has 1 atom stereocenters. The first kappa shape index (κ1) is 11.1. The Bertz CT molecular complexity index is 370. The van der Waals surface area contributed by atoms with Crippen LogP contribution in [-0.2, 0) is 14.9 Å². The zero-order chi connectivity index (χ0) is 11.6. The van der Waals surface area contributed by atoms with Crippen molar-refractivity contribution in [1.82, 2.24) is 0 Å². The van der Waals surface area contributed by atoms with Crippen LogP contribution in [0.1, 0.15) is 25.3 Å². The molecule has 0 saturated heterocycles. The Labute approximate surface area is 95.0 Å². The predicted octanol–water partition coefficient (Wildman–Crippen LogP) is 1.64. The van der Waals surface area contributed by atoms with Crippen molar-refractivity contribution in [3.8, 4) is 0 Å². The van der Waals surface area contributed by atoms with Crippen LogP contribution >= 0.6 is 0 Å². The van der Waals surface area contributed by atoms with Crippen LogP contribution in [-0.4, -0.2) is 23.8 Å². The van der Waals surface area contributed by atoms with Crippen molar-refractivity contribution in [3.63, 3.8) is 0 Å². The second kappa shape index (κ2) is 4.26. The molecule has 1 aromatic carbocycles. The Hall–Kier alpha value is -1.35. The summed E-state index contributed by atoms with van der Waals surface area (Å²) in [5, 5.41) is 9.44. The number of carbonyl (C=O) groups is 1. The highest BCUT2D eigenvalue weighted by molar-refractivity contribution is 5.83. The van der Waals surface area contributed by atoms with Gasteiger partial charge in [-0.3, -0.25) is 4.79 Å². The lowest BCUT2D eigenvalue weighted by Gasteiger charge is -2.25. The monoisotopic (exact) mass is 220 g/mol. The van der Waals surface area contributed by atoms with Crippen LogP contribution in [0.3, 0.4) is 0 Å². The summed E-state index contributed by atoms with van der Waals surface area (Å²) in [6.45, 7) is 1.48. The van der Waals surface area contributed by atoms with E-state index in [2.05, 4.69) is 0 Å². The van der Waals surface area contributed by atoms with Crippen LogP contribution < -0.4 is 0 Å². The van der Waals surface area contributed by atoms with Gasteiger partial charge in [-0.1, -0.05) is 30.3 Å². The van der Waals surface area contributed by atoms with Crippen LogP contribution in [0.5, 0.6) is 0 Å². The van der Waals surface area contributed by atoms with Gasteiger partial charge < -0.3 is 9.84 Å². The number of benzene rings is 1. The summed E-state index contributed by atoms with van der Waals surface area (Å²) < 4.78 is 5.27. The maximum atomic E-state index is 12.0. The molecule has 0 amide bonds. The molecule has 0 radical (unpaired) electrons. The second-order valence-corrected chi connectivity index (χ2v) is 4.46. The molecule has 16 heavy (non-hydrogen) atoms. The molecule has 1 saturated carbocycles. The molecule has 3 nitrogen and oxygen atoms in total. The minimum absolute atomic E-state index is 0.0714. The molecule has 0 spiro atoms. The normalized spacial score (nSPS) is 18.9. The third-order valence-electron chi connectivity index (χ3n) is 2.98. The SMILES string of the molecule is CC(CO)(C(=O)OC1CC1)c1ccccc1. The molecule has 1 aliphatic rings. The van der Waals surface area contributed by atoms with Gasteiger partial charge in [-0.05, 0) is 25.3 Å². The topological polar surface area (TPSA) is 46.5 Å². The summed E-state index contributed by atoms with van der Waals surface area (Å²) in [7, 11) is 0. The quantitative estimate of drug-likeness (QED) is 0.785. The van der Waals surface area contributed by atoms with Crippen molar-refractivity contribution in [3.05, 3.63) is 35.9 Å². The molecule has 86 valence electrons. The molecule has 0 heterocycles. The fourth-order valence-electron chi connectivity index (χ4n) is 1.55. The van der Waals surface area contributed by atoms with Gasteiger partial charge in [0.2, 0.25) is 0 Å². The summed E-state index contributed by atoms with van der Waals surface area (Å²) in [5.41, 5.74) is -0.146. The highest BCUT2D eigenvalue weighted by atomic mass is 16.6. The molecule has 1 aromatic rings. The number of aliphatic hydroxyl groups excluding tert-OH is 1. The fourth-order valence-corrected chi connectivity index (χ4v) is 1.55. The van der Waals surface area contributed by atoms with Crippen LogP contribution in [0, 0.1) is 0 Å². The third-order valence-corrected chi connectivity index (χ3v) is 2.98. The molecule has 0 aliphatic heterocycles. The number of carbonyl (C=O) groups excluding carboxylic acids is 1. The van der Waals surface area contributed by atoms with Gasteiger partial charge in [0, 0.05) is 0 Å². The summed E-state index contributed by atoms with van der Waals surface area (Å²) in [5.74, 6) is -0.330. The van der Waals surface area contributed by atoms with Crippen molar-refractivity contribution in [2.45, 2.75) is 31.3 Å². The van der Waals surface area contributed by atoms with Crippen LogP contribution in [0.2, 0.25) is 0 Å². The first-order chi connectivity index (χ1) is 7.66. The third kappa shape index (κ3) is 2.09. The number of ether oxygens (including phenoxy) is 1. The highest BCUT2D eigenvalue weighted by Crippen LogP contribution is 2.30. The van der Waals surface area contributed by atoms with Gasteiger partial charge in [0.25, 0.3) is 0 Å². The van der Waals surface area contributed by atoms with Crippen molar-refractivity contribution in [1.29, 1.82) is 0 Å². The zero-order valence-electron chi connectivity index (χ0n) is 9.35. The molecule has 0 aromatic heterocycles. The predicted molar refractivity (Wildman–Crippen MR) is 60.0 cm³/mol. The van der Waals surface area contributed by atoms with Crippen molar-refractivity contribution in [2.24, 2.45) is 0 Å². The molecular weight excluding hydrogens is 204 g/mol. The van der Waals surface area contributed by atoms with Crippen LogP contribution in [0.4, 0.5) is 0 Å². The Balaban J connectivity index is 2.20. The van der Waals surface area contributed by atoms with E-state index in [0.29, 0.717) is 0 Å². The largest absolute Gasteiger partial charge is 0.462 e. The lowest BCUT2D eigenvalue weighted by molar-refractivity contribution is -0.153. The number of rotatable bonds is 4. The van der Waals surface area contributed by atoms with E-state index < -0.39 is 5.41 Å². The van der Waals surface area contributed by atoms with Gasteiger partial charge in [0.05, 0.1) is 6.61 Å². The second-order valence-electron chi connectivity index (χ2n) is 4.46. The number of aliphatic hydroxyl groups is 1. The lowest BCUT2D eigenvalue weighted by Crippen LogP contribution is -2.38. The molecule has 2 rings (SSSR count). The maximum absolute atomic E-state index is 12.0. The van der Waals surface area contributed by atoms with Crippen LogP contribution in [0.15, 0.2) is 30.3 Å². The van der Waals surface area contributed by atoms with Gasteiger partial charge in [-0.2, -0.15) is 0 Å². The zero-order valence-corrected chi connectivity index (χ0v) is 9.35. The van der Waals surface area contributed by atoms with E-state index in [-0.39, 0.29) is 18.7 Å². The van der Waals surface area contributed by atoms with E-state index in [4.69, 9.17) is 4.74 Å². The van der Waals surface area contributed by atoms with Crippen molar-refractivity contribution < 1.29 is 14.6 Å². The highest BCUT2D eigenvalue weighted by Gasteiger charge is 2.39. The van der Waals surface area contributed by atoms with Crippen molar-refractivity contribution in [2.75, 3.05) is 6.61 Å². The molecule has 3 heteroatoms. The van der Waals surface area contributed by atoms with E-state index in [1.54, 1.807) is 6.92 Å². The summed E-state index contributed by atoms with van der Waals surface area (Å²) in [6.07, 6.45) is 1.96. The number of esters is 1. The van der Waals surface area contributed by atoms with Crippen LogP contribution in [0.25, 0.3) is 0 Å². The van der Waals surface area contributed by atoms with E-state index in [0.717, 1.165) is 18.4 Å². The van der Waals surface area contributed by atoms with Gasteiger partial charge >= 0.3 is 5.97 Å². The minimum atomic E-state index is -0.941. The van der Waals surface area contributed by atoms with Gasteiger partial charge in [0.1, 0.15) is 11.5 Å². The molecule has 1 unspecified atom stereocenters. The maximum Gasteiger partial charge on any atom is 0.318 e. The van der Waals surface area contributed by atoms with Gasteiger partial charge in [-0.25, -0.2) is 0 Å². The molecule has 1 N–H and O–H groups in total. The van der Waals surface area contributed by atoms with E-state index in [1.165, 1.54) is 0 Å². The Morgan fingerprint density at radius 2 is 2.06 bits per heavy atom. The molecular formula is C13H16O3. The minimum Gasteiger partial charge on any atom is -0.462 e. The Kier molecular flexibility index (Phi) is 2.97. The first-order valence-electron chi connectivity index (χ1n) is 5.54. The fraction of sp³-hybridized carbons (Fsp3) is 0.462. The average molecular weight is 220 g/mol. The smallest absolute Gasteiger partial charge is 0.318 e. The van der Waals surface area contributed by atoms with Gasteiger partial charge in [-0.15, -0.1) is 0 Å². The molecule has 0 bridgehead atoms. The summed E-state index contributed by atoms with van der Waals surface area (Å²) in [4.78, 5) is 12.0. The first-order valence-corrected chi connectivity index (χ1v) is 5.54. The lowest BCUT2D eigenvalue weighted by atomic mass is 9.83. The standard InChI is InChI=1S/C13H16O3/c1-13(9-14,10-5-3-2-4-6-10)12(15)16-11-7-8-11/h2-6,11,14H,7-9H2,1H3. The Morgan fingerprint density at radius 1 is 1.44 bits per heavy atom. The van der Waals surface area contributed by atoms with E-state index in [1.807, 2.05) is 30.3 Å². The van der Waals surface area contributed by atoms with E-state index >= 15 is 0 Å². The average Bonchev–Trinajstić information content (AvgIpc) is 3.13. The van der Waals surface area contributed by atoms with E-state index in [9.17, 15) is 9.90 Å². The molecule has 1 aliphatic carbocycles. The van der Waals surface area contributed by atoms with Gasteiger partial charge in [0.15, 0.2) is 0 Å². The number of hydrogen-bond donors (Lipinski definition) is 1. The summed E-state index contributed by atoms with van der Waals surface area (Å²) in [6, 6.07) is 9.27. The van der Waals surface area contributed by atoms with Crippen molar-refractivity contribution >= 4 is 5.97 Å². The Morgan fingerprint density at radius 3 is 2.56 bits per heavy atom. The summed E-state index contributed by atoms with van der Waals surface area (Å²) >= 11 is 0.